The normalized spacial score (nSPS) is 13.4. The van der Waals surface area contributed by atoms with Crippen molar-refractivity contribution in [3.8, 4) is 11.5 Å². The molecule has 0 spiro atoms. The van der Waals surface area contributed by atoms with Crippen LogP contribution in [0.15, 0.2) is 47.5 Å². The maximum Gasteiger partial charge on any atom is 0.346 e. The number of carbonyl (C=O) groups is 1. The highest BCUT2D eigenvalue weighted by Crippen LogP contribution is 2.24. The van der Waals surface area contributed by atoms with Crippen LogP contribution in [0, 0.1) is 5.82 Å². The van der Waals surface area contributed by atoms with Crippen LogP contribution >= 0.6 is 0 Å². The highest BCUT2D eigenvalue weighted by molar-refractivity contribution is 5.75. The van der Waals surface area contributed by atoms with Gasteiger partial charge in [-0.1, -0.05) is 12.5 Å². The third kappa shape index (κ3) is 4.56. The third-order valence-electron chi connectivity index (χ3n) is 4.92. The Morgan fingerprint density at radius 1 is 1.23 bits per heavy atom. The summed E-state index contributed by atoms with van der Waals surface area (Å²) in [6.07, 6.45) is 6.85. The average Bonchev–Trinajstić information content (AvgIpc) is 2.91. The molecule has 1 aromatic carbocycles. The van der Waals surface area contributed by atoms with Crippen molar-refractivity contribution in [2.75, 3.05) is 0 Å². The molecule has 8 nitrogen and oxygen atoms in total. The Balaban J connectivity index is 1.35. The number of aryl methyl sites for hydroxylation is 1. The van der Waals surface area contributed by atoms with Crippen LogP contribution in [-0.2, 0) is 30.8 Å². The van der Waals surface area contributed by atoms with E-state index in [0.717, 1.165) is 31.5 Å². The molecule has 30 heavy (non-hydrogen) atoms. The highest BCUT2D eigenvalue weighted by atomic mass is 19.1. The number of nitrogens with one attached hydrogen (secondary N) is 1. The number of nitrogens with zero attached hydrogens (tertiary/aromatic N) is 4. The van der Waals surface area contributed by atoms with Crippen LogP contribution in [0.2, 0.25) is 0 Å². The van der Waals surface area contributed by atoms with E-state index in [1.807, 2.05) is 0 Å². The first kappa shape index (κ1) is 19.8. The molecule has 1 amide bonds. The first-order chi connectivity index (χ1) is 14.6. The molecule has 0 atom stereocenters. The van der Waals surface area contributed by atoms with Crippen molar-refractivity contribution < 1.29 is 13.9 Å². The van der Waals surface area contributed by atoms with Gasteiger partial charge in [-0.05, 0) is 42.7 Å². The molecule has 0 aliphatic carbocycles. The third-order valence-corrected chi connectivity index (χ3v) is 4.92. The predicted octanol–water partition coefficient (Wildman–Crippen LogP) is 2.41. The molecule has 1 N–H and O–H groups in total. The quantitative estimate of drug-likeness (QED) is 0.673. The highest BCUT2D eigenvalue weighted by Gasteiger charge is 2.17. The summed E-state index contributed by atoms with van der Waals surface area (Å²) in [4.78, 5) is 28.6. The summed E-state index contributed by atoms with van der Waals surface area (Å²) in [6, 6.07) is 7.84. The Hall–Kier alpha value is -3.49. The van der Waals surface area contributed by atoms with Gasteiger partial charge in [0.05, 0.1) is 6.20 Å². The van der Waals surface area contributed by atoms with Gasteiger partial charge in [0.25, 0.3) is 0 Å². The molecule has 3 aromatic rings. The fourth-order valence-electron chi connectivity index (χ4n) is 3.39. The van der Waals surface area contributed by atoms with Crippen molar-refractivity contribution >= 4 is 5.91 Å². The van der Waals surface area contributed by atoms with E-state index >= 15 is 0 Å². The lowest BCUT2D eigenvalue weighted by Gasteiger charge is -2.09. The van der Waals surface area contributed by atoms with Crippen molar-refractivity contribution in [1.82, 2.24) is 24.6 Å². The summed E-state index contributed by atoms with van der Waals surface area (Å²) >= 11 is 0. The minimum absolute atomic E-state index is 0.0733. The predicted molar refractivity (Wildman–Crippen MR) is 107 cm³/mol. The Bertz CT molecular complexity index is 1090. The Labute approximate surface area is 172 Å². The van der Waals surface area contributed by atoms with Gasteiger partial charge in [0, 0.05) is 25.7 Å². The van der Waals surface area contributed by atoms with Crippen LogP contribution < -0.4 is 15.7 Å². The van der Waals surface area contributed by atoms with Gasteiger partial charge >= 0.3 is 5.69 Å². The number of ether oxygens (including phenoxy) is 1. The summed E-state index contributed by atoms with van der Waals surface area (Å²) in [5.41, 5.74) is 0.317. The van der Waals surface area contributed by atoms with Crippen molar-refractivity contribution in [2.24, 2.45) is 0 Å². The lowest BCUT2D eigenvalue weighted by atomic mass is 10.2. The van der Waals surface area contributed by atoms with Crippen LogP contribution in [0.5, 0.6) is 11.5 Å². The van der Waals surface area contributed by atoms with Crippen LogP contribution in [0.3, 0.4) is 0 Å². The molecule has 156 valence electrons. The fourth-order valence-corrected chi connectivity index (χ4v) is 3.39. The van der Waals surface area contributed by atoms with Crippen LogP contribution in [-0.4, -0.2) is 25.2 Å². The summed E-state index contributed by atoms with van der Waals surface area (Å²) in [5.74, 6) is 0.336. The number of rotatable bonds is 6. The zero-order chi connectivity index (χ0) is 20.9. The zero-order valence-electron chi connectivity index (χ0n) is 16.4. The number of benzene rings is 1. The molecule has 3 heterocycles. The summed E-state index contributed by atoms with van der Waals surface area (Å²) in [7, 11) is 0. The summed E-state index contributed by atoms with van der Waals surface area (Å²) < 4.78 is 22.6. The van der Waals surface area contributed by atoms with Crippen molar-refractivity contribution in [3.05, 3.63) is 70.4 Å². The second-order valence-electron chi connectivity index (χ2n) is 7.15. The van der Waals surface area contributed by atoms with Crippen molar-refractivity contribution in [2.45, 2.75) is 45.3 Å². The van der Waals surface area contributed by atoms with E-state index in [4.69, 9.17) is 4.74 Å². The van der Waals surface area contributed by atoms with Crippen LogP contribution in [0.25, 0.3) is 0 Å². The number of hydrogen-bond donors (Lipinski definition) is 1. The van der Waals surface area contributed by atoms with Gasteiger partial charge in [-0.2, -0.15) is 5.10 Å². The van der Waals surface area contributed by atoms with Gasteiger partial charge in [-0.3, -0.25) is 14.3 Å². The van der Waals surface area contributed by atoms with E-state index in [-0.39, 0.29) is 30.4 Å². The Morgan fingerprint density at radius 3 is 2.93 bits per heavy atom. The standard InChI is InChI=1S/C21H22FN5O3/c22-17-11-15(7-8-18(17)30-16-5-4-9-23-13-16)12-24-20(28)14-27-21(29)26-10-3-1-2-6-19(26)25-27/h4-5,7-9,11,13H,1-3,6,10,12,14H2,(H,24,28). The minimum atomic E-state index is -0.542. The minimum Gasteiger partial charge on any atom is -0.453 e. The molecular formula is C21H22FN5O3. The number of carbonyl (C=O) groups excluding carboxylic acids is 1. The molecule has 2 aromatic heterocycles. The van der Waals surface area contributed by atoms with Crippen molar-refractivity contribution in [3.63, 3.8) is 0 Å². The first-order valence-electron chi connectivity index (χ1n) is 9.90. The molecule has 0 fully saturated rings. The second-order valence-corrected chi connectivity index (χ2v) is 7.15. The topological polar surface area (TPSA) is 91.0 Å². The van der Waals surface area contributed by atoms with Crippen LogP contribution in [0.4, 0.5) is 4.39 Å². The SMILES string of the molecule is O=C(Cn1nc2n(c1=O)CCCCC2)NCc1ccc(Oc2cccnc2)c(F)c1. The smallest absolute Gasteiger partial charge is 0.346 e. The average molecular weight is 411 g/mol. The van der Waals surface area contributed by atoms with E-state index in [2.05, 4.69) is 15.4 Å². The Morgan fingerprint density at radius 2 is 2.13 bits per heavy atom. The van der Waals surface area contributed by atoms with Crippen molar-refractivity contribution in [1.29, 1.82) is 0 Å². The number of pyridine rings is 1. The molecule has 0 unspecified atom stereocenters. The maximum absolute atomic E-state index is 14.3. The zero-order valence-corrected chi connectivity index (χ0v) is 16.4. The largest absolute Gasteiger partial charge is 0.453 e. The van der Waals surface area contributed by atoms with E-state index < -0.39 is 5.82 Å². The molecule has 0 saturated carbocycles. The molecule has 1 aliphatic heterocycles. The molecule has 1 aliphatic rings. The second kappa shape index (κ2) is 8.89. The molecule has 9 heteroatoms. The summed E-state index contributed by atoms with van der Waals surface area (Å²) in [5, 5.41) is 6.99. The van der Waals surface area contributed by atoms with Gasteiger partial charge < -0.3 is 10.1 Å². The summed E-state index contributed by atoms with van der Waals surface area (Å²) in [6.45, 7) is 0.608. The van der Waals surface area contributed by atoms with E-state index in [0.29, 0.717) is 17.9 Å². The van der Waals surface area contributed by atoms with Gasteiger partial charge in [-0.15, -0.1) is 0 Å². The molecule has 0 saturated heterocycles. The number of fused-ring (bicyclic) bond motifs is 1. The first-order valence-corrected chi connectivity index (χ1v) is 9.90. The fraction of sp³-hybridized carbons (Fsp3) is 0.333. The number of amides is 1. The van der Waals surface area contributed by atoms with E-state index in [9.17, 15) is 14.0 Å². The molecule has 0 radical (unpaired) electrons. The van der Waals surface area contributed by atoms with Gasteiger partial charge in [0.1, 0.15) is 18.1 Å². The van der Waals surface area contributed by atoms with Gasteiger partial charge in [0.2, 0.25) is 5.91 Å². The molecule has 0 bridgehead atoms. The van der Waals surface area contributed by atoms with Crippen LogP contribution in [0.1, 0.15) is 30.7 Å². The lowest BCUT2D eigenvalue weighted by molar-refractivity contribution is -0.122. The molecular weight excluding hydrogens is 389 g/mol. The van der Waals surface area contributed by atoms with Gasteiger partial charge in [-0.25, -0.2) is 13.9 Å². The number of hydrogen-bond acceptors (Lipinski definition) is 5. The number of halogens is 1. The number of aromatic nitrogens is 4. The maximum atomic E-state index is 14.3. The monoisotopic (exact) mass is 411 g/mol. The van der Waals surface area contributed by atoms with E-state index in [1.54, 1.807) is 29.0 Å². The molecule has 4 rings (SSSR count). The lowest BCUT2D eigenvalue weighted by Crippen LogP contribution is -2.33. The van der Waals surface area contributed by atoms with E-state index in [1.165, 1.54) is 23.0 Å². The Kier molecular flexibility index (Phi) is 5.87. The van der Waals surface area contributed by atoms with Gasteiger partial charge in [0.15, 0.2) is 11.6 Å².